The SMILES string of the molecule is Cc1cc(C)cc(NC(N)=NCc2nccn2CCc2ccccc2)c1.I. The fraction of sp³-hybridized carbons (Fsp3) is 0.238. The van der Waals surface area contributed by atoms with Gasteiger partial charge in [0.25, 0.3) is 0 Å². The number of imidazole rings is 1. The van der Waals surface area contributed by atoms with Gasteiger partial charge in [0, 0.05) is 24.6 Å². The maximum Gasteiger partial charge on any atom is 0.193 e. The first kappa shape index (κ1) is 21.0. The summed E-state index contributed by atoms with van der Waals surface area (Å²) in [6, 6.07) is 16.7. The summed E-state index contributed by atoms with van der Waals surface area (Å²) in [6.07, 6.45) is 4.76. The van der Waals surface area contributed by atoms with Crippen LogP contribution in [-0.2, 0) is 19.5 Å². The number of rotatable bonds is 6. The number of aryl methyl sites for hydroxylation is 4. The normalized spacial score (nSPS) is 11.1. The van der Waals surface area contributed by atoms with E-state index < -0.39 is 0 Å². The van der Waals surface area contributed by atoms with Gasteiger partial charge in [-0.3, -0.25) is 0 Å². The minimum absolute atomic E-state index is 0. The predicted octanol–water partition coefficient (Wildman–Crippen LogP) is 4.29. The molecule has 142 valence electrons. The summed E-state index contributed by atoms with van der Waals surface area (Å²) in [5.74, 6) is 1.30. The van der Waals surface area contributed by atoms with Gasteiger partial charge < -0.3 is 15.6 Å². The highest BCUT2D eigenvalue weighted by molar-refractivity contribution is 14.0. The van der Waals surface area contributed by atoms with Crippen molar-refractivity contribution in [1.82, 2.24) is 9.55 Å². The van der Waals surface area contributed by atoms with Crippen molar-refractivity contribution < 1.29 is 0 Å². The number of hydrogen-bond donors (Lipinski definition) is 2. The van der Waals surface area contributed by atoms with Crippen LogP contribution in [0, 0.1) is 13.8 Å². The molecule has 0 aliphatic heterocycles. The van der Waals surface area contributed by atoms with Crippen molar-refractivity contribution in [3.05, 3.63) is 83.4 Å². The minimum atomic E-state index is 0. The standard InChI is InChI=1S/C21H25N5.HI/c1-16-12-17(2)14-19(13-16)25-21(22)24-15-20-23-9-11-26(20)10-8-18-6-4-3-5-7-18;/h3-7,9,11-14H,8,10,15H2,1-2H3,(H3,22,24,25);1H. The molecule has 0 spiro atoms. The van der Waals surface area contributed by atoms with Gasteiger partial charge in [-0.05, 0) is 49.1 Å². The molecule has 0 saturated heterocycles. The number of aliphatic imine (C=N–C) groups is 1. The molecule has 0 aliphatic carbocycles. The zero-order valence-corrected chi connectivity index (χ0v) is 18.1. The first-order valence-corrected chi connectivity index (χ1v) is 8.79. The molecular formula is C21H26IN5. The molecule has 1 aromatic heterocycles. The third-order valence-electron chi connectivity index (χ3n) is 4.17. The molecular weight excluding hydrogens is 449 g/mol. The lowest BCUT2D eigenvalue weighted by atomic mass is 10.1. The number of nitrogens with two attached hydrogens (primary N) is 1. The smallest absolute Gasteiger partial charge is 0.193 e. The van der Waals surface area contributed by atoms with Gasteiger partial charge in [0.2, 0.25) is 0 Å². The van der Waals surface area contributed by atoms with Gasteiger partial charge >= 0.3 is 0 Å². The van der Waals surface area contributed by atoms with E-state index in [1.54, 1.807) is 0 Å². The lowest BCUT2D eigenvalue weighted by Gasteiger charge is -2.09. The van der Waals surface area contributed by atoms with Crippen LogP contribution in [0.15, 0.2) is 65.9 Å². The van der Waals surface area contributed by atoms with E-state index in [0.717, 1.165) is 24.5 Å². The van der Waals surface area contributed by atoms with Gasteiger partial charge in [0.15, 0.2) is 5.96 Å². The van der Waals surface area contributed by atoms with Gasteiger partial charge in [0.1, 0.15) is 12.4 Å². The molecule has 27 heavy (non-hydrogen) atoms. The summed E-state index contributed by atoms with van der Waals surface area (Å²) in [6.45, 7) is 5.45. The number of nitrogens with one attached hydrogen (secondary N) is 1. The van der Waals surface area contributed by atoms with Crippen LogP contribution in [0.2, 0.25) is 0 Å². The maximum atomic E-state index is 6.04. The number of nitrogens with zero attached hydrogens (tertiary/aromatic N) is 3. The molecule has 2 aromatic carbocycles. The number of guanidine groups is 1. The molecule has 0 radical (unpaired) electrons. The molecule has 0 atom stereocenters. The summed E-state index contributed by atoms with van der Waals surface area (Å²) in [5.41, 5.74) is 10.7. The second-order valence-electron chi connectivity index (χ2n) is 6.48. The zero-order valence-electron chi connectivity index (χ0n) is 15.7. The third kappa shape index (κ3) is 6.39. The Balaban J connectivity index is 0.00000261. The molecule has 3 aromatic rings. The number of anilines is 1. The Morgan fingerprint density at radius 2 is 1.81 bits per heavy atom. The van der Waals surface area contributed by atoms with E-state index in [2.05, 4.69) is 76.2 Å². The van der Waals surface area contributed by atoms with Gasteiger partial charge in [0.05, 0.1) is 0 Å². The average molecular weight is 475 g/mol. The minimum Gasteiger partial charge on any atom is -0.370 e. The molecule has 0 unspecified atom stereocenters. The van der Waals surface area contributed by atoms with Gasteiger partial charge in [-0.1, -0.05) is 36.4 Å². The predicted molar refractivity (Wildman–Crippen MR) is 123 cm³/mol. The van der Waals surface area contributed by atoms with E-state index in [-0.39, 0.29) is 24.0 Å². The Morgan fingerprint density at radius 1 is 1.11 bits per heavy atom. The van der Waals surface area contributed by atoms with Gasteiger partial charge in [-0.2, -0.15) is 0 Å². The molecule has 0 fully saturated rings. The zero-order chi connectivity index (χ0) is 18.4. The molecule has 3 rings (SSSR count). The molecule has 0 aliphatic rings. The first-order chi connectivity index (χ1) is 12.6. The Kier molecular flexibility index (Phi) is 7.84. The highest BCUT2D eigenvalue weighted by Gasteiger charge is 2.04. The highest BCUT2D eigenvalue weighted by Crippen LogP contribution is 2.13. The quantitative estimate of drug-likeness (QED) is 0.318. The largest absolute Gasteiger partial charge is 0.370 e. The van der Waals surface area contributed by atoms with Crippen LogP contribution >= 0.6 is 24.0 Å². The molecule has 3 N–H and O–H groups in total. The van der Waals surface area contributed by atoms with Crippen LogP contribution in [0.3, 0.4) is 0 Å². The topological polar surface area (TPSA) is 68.2 Å². The van der Waals surface area contributed by atoms with Crippen LogP contribution in [-0.4, -0.2) is 15.5 Å². The van der Waals surface area contributed by atoms with Crippen molar-refractivity contribution in [3.8, 4) is 0 Å². The summed E-state index contributed by atoms with van der Waals surface area (Å²) < 4.78 is 2.13. The molecule has 6 heteroatoms. The van der Waals surface area contributed by atoms with Crippen molar-refractivity contribution in [2.24, 2.45) is 10.7 Å². The van der Waals surface area contributed by atoms with E-state index in [0.29, 0.717) is 12.5 Å². The fourth-order valence-corrected chi connectivity index (χ4v) is 2.98. The van der Waals surface area contributed by atoms with E-state index in [4.69, 9.17) is 5.73 Å². The molecule has 0 bridgehead atoms. The summed E-state index contributed by atoms with van der Waals surface area (Å²) in [7, 11) is 0. The van der Waals surface area contributed by atoms with Crippen molar-refractivity contribution in [2.75, 3.05) is 5.32 Å². The number of halogens is 1. The fourth-order valence-electron chi connectivity index (χ4n) is 2.98. The van der Waals surface area contributed by atoms with E-state index in [9.17, 15) is 0 Å². The van der Waals surface area contributed by atoms with Gasteiger partial charge in [-0.25, -0.2) is 9.98 Å². The van der Waals surface area contributed by atoms with E-state index in [1.165, 1.54) is 16.7 Å². The summed E-state index contributed by atoms with van der Waals surface area (Å²) >= 11 is 0. The first-order valence-electron chi connectivity index (χ1n) is 8.79. The number of hydrogen-bond acceptors (Lipinski definition) is 2. The summed E-state index contributed by atoms with van der Waals surface area (Å²) in [4.78, 5) is 8.85. The Labute approximate surface area is 177 Å². The number of aromatic nitrogens is 2. The highest BCUT2D eigenvalue weighted by atomic mass is 127. The monoisotopic (exact) mass is 475 g/mol. The third-order valence-corrected chi connectivity index (χ3v) is 4.17. The summed E-state index contributed by atoms with van der Waals surface area (Å²) in [5, 5.41) is 3.15. The van der Waals surface area contributed by atoms with Crippen LogP contribution < -0.4 is 11.1 Å². The van der Waals surface area contributed by atoms with E-state index >= 15 is 0 Å². The Morgan fingerprint density at radius 3 is 2.52 bits per heavy atom. The number of benzene rings is 2. The molecule has 0 saturated carbocycles. The maximum absolute atomic E-state index is 6.04. The second-order valence-corrected chi connectivity index (χ2v) is 6.48. The Hall–Kier alpha value is -2.35. The second kappa shape index (κ2) is 10.1. The van der Waals surface area contributed by atoms with Crippen LogP contribution in [0.5, 0.6) is 0 Å². The Bertz CT molecular complexity index is 866. The van der Waals surface area contributed by atoms with Crippen molar-refractivity contribution >= 4 is 35.6 Å². The molecule has 1 heterocycles. The van der Waals surface area contributed by atoms with Crippen LogP contribution in [0.25, 0.3) is 0 Å². The van der Waals surface area contributed by atoms with Crippen molar-refractivity contribution in [2.45, 2.75) is 33.4 Å². The lowest BCUT2D eigenvalue weighted by molar-refractivity contribution is 0.652. The van der Waals surface area contributed by atoms with Crippen molar-refractivity contribution in [1.29, 1.82) is 0 Å². The van der Waals surface area contributed by atoms with Crippen molar-refractivity contribution in [3.63, 3.8) is 0 Å². The van der Waals surface area contributed by atoms with E-state index in [1.807, 2.05) is 18.5 Å². The van der Waals surface area contributed by atoms with Gasteiger partial charge in [-0.15, -0.1) is 24.0 Å². The average Bonchev–Trinajstić information content (AvgIpc) is 3.05. The van der Waals surface area contributed by atoms with Crippen LogP contribution in [0.1, 0.15) is 22.5 Å². The van der Waals surface area contributed by atoms with Crippen LogP contribution in [0.4, 0.5) is 5.69 Å². The molecule has 0 amide bonds. The lowest BCUT2D eigenvalue weighted by Crippen LogP contribution is -2.23. The molecule has 5 nitrogen and oxygen atoms in total.